The minimum atomic E-state index is -0.455. The maximum absolute atomic E-state index is 12.5. The van der Waals surface area contributed by atoms with Crippen LogP contribution >= 0.6 is 11.3 Å². The zero-order valence-corrected chi connectivity index (χ0v) is 15.1. The van der Waals surface area contributed by atoms with E-state index in [0.29, 0.717) is 16.3 Å². The molecule has 3 aromatic rings. The number of aryl methyl sites for hydroxylation is 3. The highest BCUT2D eigenvalue weighted by Gasteiger charge is 2.16. The number of fused-ring (bicyclic) bond motifs is 1. The molecular formula is C16H17N5O3S. The van der Waals surface area contributed by atoms with Crippen LogP contribution < -0.4 is 16.6 Å². The Hall–Kier alpha value is -2.81. The number of amides is 1. The molecule has 3 heterocycles. The van der Waals surface area contributed by atoms with Crippen LogP contribution in [0.3, 0.4) is 0 Å². The number of nitrogens with one attached hydrogen (secondary N) is 1. The highest BCUT2D eigenvalue weighted by atomic mass is 32.1. The highest BCUT2D eigenvalue weighted by Crippen LogP contribution is 2.20. The van der Waals surface area contributed by atoms with Gasteiger partial charge in [-0.3, -0.25) is 18.7 Å². The number of rotatable bonds is 3. The van der Waals surface area contributed by atoms with Crippen LogP contribution in [0.1, 0.15) is 27.3 Å². The maximum atomic E-state index is 12.5. The zero-order chi connectivity index (χ0) is 18.3. The maximum Gasteiger partial charge on any atom is 0.332 e. The molecule has 0 saturated carbocycles. The van der Waals surface area contributed by atoms with Crippen molar-refractivity contribution in [1.82, 2.24) is 19.1 Å². The van der Waals surface area contributed by atoms with Crippen molar-refractivity contribution in [3.8, 4) is 0 Å². The van der Waals surface area contributed by atoms with Crippen molar-refractivity contribution in [2.45, 2.75) is 20.3 Å². The van der Waals surface area contributed by atoms with Crippen molar-refractivity contribution < 1.29 is 4.79 Å². The molecule has 0 unspecified atom stereocenters. The third kappa shape index (κ3) is 2.86. The summed E-state index contributed by atoms with van der Waals surface area (Å²) in [6, 6.07) is 1.53. The monoisotopic (exact) mass is 359 g/mol. The van der Waals surface area contributed by atoms with Crippen molar-refractivity contribution in [3.63, 3.8) is 0 Å². The van der Waals surface area contributed by atoms with E-state index in [1.807, 2.05) is 6.92 Å². The molecule has 0 atom stereocenters. The van der Waals surface area contributed by atoms with Gasteiger partial charge in [0.25, 0.3) is 11.5 Å². The molecule has 130 valence electrons. The topological polar surface area (TPSA) is 98.9 Å². The van der Waals surface area contributed by atoms with Crippen LogP contribution in [0.25, 0.3) is 11.0 Å². The fourth-order valence-corrected chi connectivity index (χ4v) is 3.44. The number of carbonyl (C=O) groups excluding carboxylic acids is 1. The van der Waals surface area contributed by atoms with Crippen molar-refractivity contribution in [1.29, 1.82) is 0 Å². The Morgan fingerprint density at radius 1 is 1.28 bits per heavy atom. The van der Waals surface area contributed by atoms with Crippen molar-refractivity contribution in [3.05, 3.63) is 48.7 Å². The van der Waals surface area contributed by atoms with Gasteiger partial charge < -0.3 is 5.32 Å². The molecule has 9 heteroatoms. The van der Waals surface area contributed by atoms with Gasteiger partial charge in [-0.05, 0) is 19.4 Å². The van der Waals surface area contributed by atoms with E-state index in [2.05, 4.69) is 15.3 Å². The van der Waals surface area contributed by atoms with E-state index >= 15 is 0 Å². The Kier molecular flexibility index (Phi) is 4.25. The Morgan fingerprint density at radius 3 is 2.64 bits per heavy atom. The molecule has 1 N–H and O–H groups in total. The molecule has 1 amide bonds. The molecule has 0 radical (unpaired) electrons. The zero-order valence-electron chi connectivity index (χ0n) is 14.3. The number of hydrogen-bond acceptors (Lipinski definition) is 6. The van der Waals surface area contributed by atoms with E-state index in [1.54, 1.807) is 14.0 Å². The van der Waals surface area contributed by atoms with E-state index in [4.69, 9.17) is 0 Å². The number of anilines is 1. The summed E-state index contributed by atoms with van der Waals surface area (Å²) in [4.78, 5) is 45.7. The smallest absolute Gasteiger partial charge is 0.320 e. The summed E-state index contributed by atoms with van der Waals surface area (Å²) in [7, 11) is 2.95. The molecule has 0 aliphatic rings. The molecular weight excluding hydrogens is 342 g/mol. The second-order valence-corrected chi connectivity index (χ2v) is 6.71. The summed E-state index contributed by atoms with van der Waals surface area (Å²) < 4.78 is 2.31. The third-order valence-electron chi connectivity index (χ3n) is 3.90. The van der Waals surface area contributed by atoms with Crippen molar-refractivity contribution in [2.75, 3.05) is 5.32 Å². The van der Waals surface area contributed by atoms with Crippen LogP contribution in [0.2, 0.25) is 0 Å². The molecule has 0 bridgehead atoms. The number of nitrogens with zero attached hydrogens (tertiary/aromatic N) is 4. The quantitative estimate of drug-likeness (QED) is 0.758. The van der Waals surface area contributed by atoms with E-state index in [1.165, 1.54) is 35.2 Å². The van der Waals surface area contributed by atoms with Gasteiger partial charge in [-0.15, -0.1) is 11.3 Å². The van der Waals surface area contributed by atoms with Crippen LogP contribution in [0.5, 0.6) is 0 Å². The van der Waals surface area contributed by atoms with Gasteiger partial charge in [0.15, 0.2) is 0 Å². The lowest BCUT2D eigenvalue weighted by Gasteiger charge is -2.08. The fourth-order valence-electron chi connectivity index (χ4n) is 2.54. The number of thiazole rings is 1. The molecule has 0 aliphatic heterocycles. The van der Waals surface area contributed by atoms with Crippen LogP contribution in [0.4, 0.5) is 5.69 Å². The lowest BCUT2D eigenvalue weighted by Crippen LogP contribution is -2.37. The molecule has 0 saturated heterocycles. The summed E-state index contributed by atoms with van der Waals surface area (Å²) in [5.41, 5.74) is 0.428. The molecule has 3 rings (SSSR count). The van der Waals surface area contributed by atoms with Gasteiger partial charge in [-0.1, -0.05) is 6.92 Å². The van der Waals surface area contributed by atoms with Gasteiger partial charge in [0.2, 0.25) is 0 Å². The first-order valence-corrected chi connectivity index (χ1v) is 8.48. The Bertz CT molecular complexity index is 1110. The molecule has 0 aromatic carbocycles. The normalized spacial score (nSPS) is 11.0. The first-order chi connectivity index (χ1) is 11.8. The lowest BCUT2D eigenvalue weighted by atomic mass is 10.3. The number of pyridine rings is 1. The van der Waals surface area contributed by atoms with E-state index in [0.717, 1.165) is 16.0 Å². The van der Waals surface area contributed by atoms with Crippen molar-refractivity contribution in [2.24, 2.45) is 14.1 Å². The first-order valence-electron chi connectivity index (χ1n) is 7.67. The van der Waals surface area contributed by atoms with Crippen LogP contribution in [-0.4, -0.2) is 25.0 Å². The molecule has 0 spiro atoms. The third-order valence-corrected chi connectivity index (χ3v) is 5.20. The highest BCUT2D eigenvalue weighted by molar-refractivity contribution is 7.13. The van der Waals surface area contributed by atoms with Crippen molar-refractivity contribution >= 4 is 34.0 Å². The largest absolute Gasteiger partial charge is 0.332 e. The first kappa shape index (κ1) is 17.0. The van der Waals surface area contributed by atoms with Gasteiger partial charge in [-0.2, -0.15) is 0 Å². The molecule has 25 heavy (non-hydrogen) atoms. The standard InChI is InChI=1S/C16H17N5O3S/c1-5-11-18-8(2)12(25-11)14(22)19-9-6-10-13(17-7-9)20(3)16(24)21(4)15(10)23/h6-7H,5H2,1-4H3,(H,19,22). The van der Waals surface area contributed by atoms with Gasteiger partial charge >= 0.3 is 5.69 Å². The Balaban J connectivity index is 2.02. The van der Waals surface area contributed by atoms with E-state index in [9.17, 15) is 14.4 Å². The van der Waals surface area contributed by atoms with Crippen LogP contribution in [0.15, 0.2) is 21.9 Å². The molecule has 3 aromatic heterocycles. The van der Waals surface area contributed by atoms with Crippen LogP contribution in [0, 0.1) is 6.92 Å². The Morgan fingerprint density at radius 2 is 2.00 bits per heavy atom. The second-order valence-electron chi connectivity index (χ2n) is 5.63. The second kappa shape index (κ2) is 6.25. The number of hydrogen-bond donors (Lipinski definition) is 1. The van der Waals surface area contributed by atoms with E-state index in [-0.39, 0.29) is 16.9 Å². The fraction of sp³-hybridized carbons (Fsp3) is 0.312. The summed E-state index contributed by atoms with van der Waals surface area (Å²) in [6.45, 7) is 3.77. The lowest BCUT2D eigenvalue weighted by molar-refractivity contribution is 0.103. The molecule has 0 fully saturated rings. The van der Waals surface area contributed by atoms with Gasteiger partial charge in [0.1, 0.15) is 10.5 Å². The van der Waals surface area contributed by atoms with Crippen LogP contribution in [-0.2, 0) is 20.5 Å². The summed E-state index contributed by atoms with van der Waals surface area (Å²) >= 11 is 1.35. The number of aromatic nitrogens is 4. The SMILES string of the molecule is CCc1nc(C)c(C(=O)Nc2cnc3c(c2)c(=O)n(C)c(=O)n3C)s1. The summed E-state index contributed by atoms with van der Waals surface area (Å²) in [5.74, 6) is -0.294. The summed E-state index contributed by atoms with van der Waals surface area (Å²) in [5, 5.41) is 3.90. The Labute approximate surface area is 146 Å². The minimum absolute atomic E-state index is 0.262. The average molecular weight is 359 g/mol. The predicted molar refractivity (Wildman–Crippen MR) is 96.4 cm³/mol. The van der Waals surface area contributed by atoms with Gasteiger partial charge in [-0.25, -0.2) is 14.8 Å². The number of carbonyl (C=O) groups is 1. The van der Waals surface area contributed by atoms with Gasteiger partial charge in [0, 0.05) is 14.1 Å². The minimum Gasteiger partial charge on any atom is -0.320 e. The summed E-state index contributed by atoms with van der Waals surface area (Å²) in [6.07, 6.45) is 2.19. The van der Waals surface area contributed by atoms with E-state index < -0.39 is 11.2 Å². The molecule has 0 aliphatic carbocycles. The molecule has 8 nitrogen and oxygen atoms in total. The predicted octanol–water partition coefficient (Wildman–Crippen LogP) is 1.21. The van der Waals surface area contributed by atoms with Gasteiger partial charge in [0.05, 0.1) is 28.0 Å². The average Bonchev–Trinajstić information content (AvgIpc) is 2.99.